The molecule has 0 radical (unpaired) electrons. The molecule has 0 spiro atoms. The molecular formula is C14H26O9. The van der Waals surface area contributed by atoms with E-state index in [4.69, 9.17) is 24.1 Å². The topological polar surface area (TPSA) is 138 Å². The molecule has 9 heteroatoms. The van der Waals surface area contributed by atoms with Crippen molar-refractivity contribution in [1.82, 2.24) is 0 Å². The normalized spacial score (nSPS) is 45.1. The highest BCUT2D eigenvalue weighted by Crippen LogP contribution is 2.28. The van der Waals surface area contributed by atoms with Gasteiger partial charge >= 0.3 is 0 Å². The van der Waals surface area contributed by atoms with Crippen LogP contribution in [-0.2, 0) is 18.9 Å². The highest BCUT2D eigenvalue weighted by molar-refractivity contribution is 4.87. The smallest absolute Gasteiger partial charge is 0.161 e. The van der Waals surface area contributed by atoms with E-state index >= 15 is 0 Å². The van der Waals surface area contributed by atoms with Crippen LogP contribution in [0, 0.1) is 0 Å². The van der Waals surface area contributed by atoms with E-state index in [1.807, 2.05) is 0 Å². The second kappa shape index (κ2) is 8.65. The molecule has 2 aliphatic rings. The molecule has 2 saturated heterocycles. The molecule has 4 unspecified atom stereocenters. The van der Waals surface area contributed by atoms with Crippen molar-refractivity contribution in [2.75, 3.05) is 19.8 Å². The Bertz CT molecular complexity index is 355. The van der Waals surface area contributed by atoms with Crippen molar-refractivity contribution < 1.29 is 44.5 Å². The van der Waals surface area contributed by atoms with E-state index in [1.54, 1.807) is 6.92 Å². The lowest BCUT2D eigenvalue weighted by Gasteiger charge is -2.42. The van der Waals surface area contributed by atoms with Crippen LogP contribution in [0.1, 0.15) is 19.8 Å². The molecule has 9 nitrogen and oxygen atoms in total. The van der Waals surface area contributed by atoms with Crippen LogP contribution in [0.5, 0.6) is 0 Å². The zero-order valence-corrected chi connectivity index (χ0v) is 13.0. The highest BCUT2D eigenvalue weighted by Gasteiger charge is 2.43. The first kappa shape index (κ1) is 19.0. The lowest BCUT2D eigenvalue weighted by Crippen LogP contribution is -2.56. The minimum absolute atomic E-state index is 0.0199. The molecule has 2 heterocycles. The molecule has 0 aromatic heterocycles. The van der Waals surface area contributed by atoms with E-state index in [-0.39, 0.29) is 19.4 Å². The number of aliphatic hydroxyl groups is 5. The van der Waals surface area contributed by atoms with Gasteiger partial charge in [-0.2, -0.15) is 0 Å². The minimum Gasteiger partial charge on any atom is -0.394 e. The maximum absolute atomic E-state index is 10.2. The first-order valence-electron chi connectivity index (χ1n) is 7.84. The third kappa shape index (κ3) is 4.59. The van der Waals surface area contributed by atoms with Crippen molar-refractivity contribution in [1.29, 1.82) is 0 Å². The van der Waals surface area contributed by atoms with Gasteiger partial charge in [0.2, 0.25) is 0 Å². The summed E-state index contributed by atoms with van der Waals surface area (Å²) >= 11 is 0. The third-order valence-corrected chi connectivity index (χ3v) is 4.06. The van der Waals surface area contributed by atoms with Crippen LogP contribution in [0.4, 0.5) is 0 Å². The summed E-state index contributed by atoms with van der Waals surface area (Å²) in [5.41, 5.74) is 0. The van der Waals surface area contributed by atoms with E-state index in [0.717, 1.165) is 0 Å². The van der Waals surface area contributed by atoms with Gasteiger partial charge in [-0.15, -0.1) is 0 Å². The molecule has 5 N–H and O–H groups in total. The molecule has 8 atom stereocenters. The van der Waals surface area contributed by atoms with E-state index in [2.05, 4.69) is 0 Å². The second-order valence-corrected chi connectivity index (χ2v) is 5.73. The number of hydrogen-bond donors (Lipinski definition) is 5. The van der Waals surface area contributed by atoms with Gasteiger partial charge in [0, 0.05) is 19.4 Å². The van der Waals surface area contributed by atoms with Crippen molar-refractivity contribution in [3.05, 3.63) is 0 Å². The van der Waals surface area contributed by atoms with Gasteiger partial charge in [-0.1, -0.05) is 0 Å². The predicted octanol–water partition coefficient (Wildman–Crippen LogP) is -2.29. The number of rotatable bonds is 6. The lowest BCUT2D eigenvalue weighted by molar-refractivity contribution is -0.320. The van der Waals surface area contributed by atoms with E-state index in [1.165, 1.54) is 0 Å². The third-order valence-electron chi connectivity index (χ3n) is 4.06. The fourth-order valence-electron chi connectivity index (χ4n) is 2.85. The molecule has 0 amide bonds. The zero-order valence-electron chi connectivity index (χ0n) is 13.0. The summed E-state index contributed by atoms with van der Waals surface area (Å²) in [7, 11) is 0. The summed E-state index contributed by atoms with van der Waals surface area (Å²) in [6, 6.07) is 0. The van der Waals surface area contributed by atoms with Gasteiger partial charge in [0.15, 0.2) is 12.6 Å². The molecule has 2 aliphatic heterocycles. The van der Waals surface area contributed by atoms with Crippen LogP contribution < -0.4 is 0 Å². The Morgan fingerprint density at radius 3 is 2.13 bits per heavy atom. The van der Waals surface area contributed by atoms with E-state index < -0.39 is 55.8 Å². The molecule has 0 bridgehead atoms. The summed E-state index contributed by atoms with van der Waals surface area (Å²) in [6.45, 7) is 1.35. The Morgan fingerprint density at radius 2 is 1.52 bits per heavy atom. The van der Waals surface area contributed by atoms with Crippen LogP contribution in [-0.4, -0.2) is 94.6 Å². The van der Waals surface area contributed by atoms with Gasteiger partial charge in [-0.05, 0) is 6.92 Å². The van der Waals surface area contributed by atoms with Gasteiger partial charge in [0.1, 0.15) is 24.4 Å². The van der Waals surface area contributed by atoms with Crippen LogP contribution in [0.2, 0.25) is 0 Å². The minimum atomic E-state index is -1.21. The quantitative estimate of drug-likeness (QED) is 0.362. The highest BCUT2D eigenvalue weighted by atomic mass is 16.7. The summed E-state index contributed by atoms with van der Waals surface area (Å²) in [6.07, 6.45) is -7.33. The van der Waals surface area contributed by atoms with Crippen molar-refractivity contribution >= 4 is 0 Å². The molecule has 0 aromatic carbocycles. The van der Waals surface area contributed by atoms with Crippen molar-refractivity contribution in [2.24, 2.45) is 0 Å². The molecule has 0 aromatic rings. The Morgan fingerprint density at radius 1 is 0.913 bits per heavy atom. The number of ether oxygens (including phenoxy) is 4. The summed E-state index contributed by atoms with van der Waals surface area (Å²) in [4.78, 5) is 0. The summed E-state index contributed by atoms with van der Waals surface area (Å²) < 4.78 is 21.8. The molecule has 2 fully saturated rings. The maximum Gasteiger partial charge on any atom is 0.161 e. The maximum atomic E-state index is 10.2. The Kier molecular flexibility index (Phi) is 7.14. The van der Waals surface area contributed by atoms with Crippen molar-refractivity contribution in [2.45, 2.75) is 69.0 Å². The zero-order chi connectivity index (χ0) is 17.0. The second-order valence-electron chi connectivity index (χ2n) is 5.73. The van der Waals surface area contributed by atoms with E-state index in [9.17, 15) is 20.4 Å². The van der Waals surface area contributed by atoms with Gasteiger partial charge in [0.05, 0.1) is 25.4 Å². The Labute approximate surface area is 134 Å². The molecule has 136 valence electrons. The molecule has 23 heavy (non-hydrogen) atoms. The van der Waals surface area contributed by atoms with Gasteiger partial charge in [-0.25, -0.2) is 0 Å². The largest absolute Gasteiger partial charge is 0.394 e. The standard InChI is InChI=1S/C14H26O9/c1-2-20-11-4-8(18)14(10(6-16)22-11)23-12-3-7(17)13(19)9(5-15)21-12/h7-19H,2-6H2,1H3/t7?,8-,9?,10?,11+,12-,13?,14+/m1/s1. The van der Waals surface area contributed by atoms with Crippen LogP contribution in [0.15, 0.2) is 0 Å². The SMILES string of the molecule is CCO[C@@H]1C[C@@H](O)[C@H](O[C@@H]2CC(O)C(O)C(CO)O2)C(CO)O1. The Hall–Kier alpha value is -0.360. The fraction of sp³-hybridized carbons (Fsp3) is 1.00. The first-order chi connectivity index (χ1) is 11.0. The van der Waals surface area contributed by atoms with Gasteiger partial charge in [-0.3, -0.25) is 0 Å². The molecular weight excluding hydrogens is 312 g/mol. The number of hydrogen-bond acceptors (Lipinski definition) is 9. The van der Waals surface area contributed by atoms with E-state index in [0.29, 0.717) is 6.61 Å². The molecule has 2 rings (SSSR count). The molecule has 0 saturated carbocycles. The average molecular weight is 338 g/mol. The lowest BCUT2D eigenvalue weighted by atomic mass is 10.00. The first-order valence-corrected chi connectivity index (χ1v) is 7.84. The number of aliphatic hydroxyl groups excluding tert-OH is 5. The van der Waals surface area contributed by atoms with Gasteiger partial charge in [0.25, 0.3) is 0 Å². The predicted molar refractivity (Wildman–Crippen MR) is 75.2 cm³/mol. The monoisotopic (exact) mass is 338 g/mol. The van der Waals surface area contributed by atoms with Crippen LogP contribution in [0.25, 0.3) is 0 Å². The van der Waals surface area contributed by atoms with Crippen molar-refractivity contribution in [3.63, 3.8) is 0 Å². The van der Waals surface area contributed by atoms with Gasteiger partial charge < -0.3 is 44.5 Å². The fourth-order valence-corrected chi connectivity index (χ4v) is 2.85. The average Bonchev–Trinajstić information content (AvgIpc) is 2.53. The van der Waals surface area contributed by atoms with Crippen molar-refractivity contribution in [3.8, 4) is 0 Å². The summed E-state index contributed by atoms with van der Waals surface area (Å²) in [5.74, 6) is 0. The summed E-state index contributed by atoms with van der Waals surface area (Å²) in [5, 5.41) is 48.3. The van der Waals surface area contributed by atoms with Crippen LogP contribution in [0.3, 0.4) is 0 Å². The Balaban J connectivity index is 1.97. The molecule has 0 aliphatic carbocycles. The van der Waals surface area contributed by atoms with Crippen LogP contribution >= 0.6 is 0 Å².